The summed E-state index contributed by atoms with van der Waals surface area (Å²) in [7, 11) is 0. The van der Waals surface area contributed by atoms with E-state index in [4.69, 9.17) is 4.74 Å². The Kier molecular flexibility index (Phi) is 4.76. The molecule has 106 valence electrons. The highest BCUT2D eigenvalue weighted by Gasteiger charge is 2.30. The summed E-state index contributed by atoms with van der Waals surface area (Å²) in [5.41, 5.74) is 0.0192. The molecule has 3 nitrogen and oxygen atoms in total. The molecule has 19 heavy (non-hydrogen) atoms. The Bertz CT molecular complexity index is 386. The SMILES string of the molecule is FC(F)(F)c1ccc(CCCN2CCOCC2)nc1. The van der Waals surface area contributed by atoms with Crippen molar-refractivity contribution in [1.82, 2.24) is 9.88 Å². The first-order valence-corrected chi connectivity index (χ1v) is 6.38. The number of aromatic nitrogens is 1. The van der Waals surface area contributed by atoms with Crippen molar-refractivity contribution >= 4 is 0 Å². The van der Waals surface area contributed by atoms with Crippen LogP contribution < -0.4 is 0 Å². The molecular formula is C13H17F3N2O. The summed E-state index contributed by atoms with van der Waals surface area (Å²) in [6, 6.07) is 2.55. The van der Waals surface area contributed by atoms with Gasteiger partial charge >= 0.3 is 6.18 Å². The first kappa shape index (κ1) is 14.3. The maximum Gasteiger partial charge on any atom is 0.417 e. The van der Waals surface area contributed by atoms with E-state index in [9.17, 15) is 13.2 Å². The van der Waals surface area contributed by atoms with E-state index in [1.165, 1.54) is 6.07 Å². The highest BCUT2D eigenvalue weighted by atomic mass is 19.4. The van der Waals surface area contributed by atoms with Crippen LogP contribution in [-0.4, -0.2) is 42.7 Å². The lowest BCUT2D eigenvalue weighted by Crippen LogP contribution is -2.36. The minimum absolute atomic E-state index is 0.690. The molecule has 0 aliphatic carbocycles. The molecule has 1 aliphatic rings. The topological polar surface area (TPSA) is 25.4 Å². The molecule has 1 saturated heterocycles. The van der Waals surface area contributed by atoms with Gasteiger partial charge < -0.3 is 4.74 Å². The van der Waals surface area contributed by atoms with Crippen molar-refractivity contribution in [2.75, 3.05) is 32.8 Å². The van der Waals surface area contributed by atoms with Crippen molar-refractivity contribution in [2.24, 2.45) is 0 Å². The molecule has 1 aliphatic heterocycles. The molecule has 2 heterocycles. The van der Waals surface area contributed by atoms with Crippen LogP contribution in [0, 0.1) is 0 Å². The second-order valence-corrected chi connectivity index (χ2v) is 4.59. The van der Waals surface area contributed by atoms with E-state index in [1.807, 2.05) is 0 Å². The first-order chi connectivity index (χ1) is 9.05. The van der Waals surface area contributed by atoms with Gasteiger partial charge in [-0.05, 0) is 31.5 Å². The van der Waals surface area contributed by atoms with Crippen LogP contribution in [0.3, 0.4) is 0 Å². The number of halogens is 3. The molecule has 0 atom stereocenters. The lowest BCUT2D eigenvalue weighted by Gasteiger charge is -2.26. The first-order valence-electron chi connectivity index (χ1n) is 6.38. The number of hydrogen-bond donors (Lipinski definition) is 0. The largest absolute Gasteiger partial charge is 0.417 e. The van der Waals surface area contributed by atoms with Crippen molar-refractivity contribution in [3.05, 3.63) is 29.6 Å². The van der Waals surface area contributed by atoms with Gasteiger partial charge in [0, 0.05) is 25.0 Å². The van der Waals surface area contributed by atoms with Gasteiger partial charge in [0.05, 0.1) is 18.8 Å². The number of alkyl halides is 3. The molecule has 1 fully saturated rings. The Labute approximate surface area is 110 Å². The van der Waals surface area contributed by atoms with E-state index in [-0.39, 0.29) is 0 Å². The normalized spacial score (nSPS) is 17.6. The summed E-state index contributed by atoms with van der Waals surface area (Å²) in [5.74, 6) is 0. The Balaban J connectivity index is 1.76. The van der Waals surface area contributed by atoms with Crippen LogP contribution in [0.5, 0.6) is 0 Å². The van der Waals surface area contributed by atoms with Crippen molar-refractivity contribution in [2.45, 2.75) is 19.0 Å². The molecule has 2 rings (SSSR count). The van der Waals surface area contributed by atoms with Gasteiger partial charge in [-0.2, -0.15) is 13.2 Å². The summed E-state index contributed by atoms with van der Waals surface area (Å²) < 4.78 is 42.3. The van der Waals surface area contributed by atoms with Gasteiger partial charge in [-0.25, -0.2) is 0 Å². The smallest absolute Gasteiger partial charge is 0.379 e. The lowest BCUT2D eigenvalue weighted by molar-refractivity contribution is -0.137. The molecule has 1 aromatic rings. The number of pyridine rings is 1. The summed E-state index contributed by atoms with van der Waals surface area (Å²) in [4.78, 5) is 6.16. The maximum absolute atomic E-state index is 12.4. The average Bonchev–Trinajstić information content (AvgIpc) is 2.39. The summed E-state index contributed by atoms with van der Waals surface area (Å²) in [6.45, 7) is 4.32. The van der Waals surface area contributed by atoms with Crippen LogP contribution in [0.15, 0.2) is 18.3 Å². The number of aryl methyl sites for hydroxylation is 1. The van der Waals surface area contributed by atoms with Crippen LogP contribution in [-0.2, 0) is 17.3 Å². The standard InChI is InChI=1S/C13H17F3N2O/c14-13(15,16)11-3-4-12(17-10-11)2-1-5-18-6-8-19-9-7-18/h3-4,10H,1-2,5-9H2. The molecule has 0 aromatic carbocycles. The van der Waals surface area contributed by atoms with Gasteiger partial charge in [0.25, 0.3) is 0 Å². The van der Waals surface area contributed by atoms with E-state index in [2.05, 4.69) is 9.88 Å². The third kappa shape index (κ3) is 4.47. The van der Waals surface area contributed by atoms with Crippen molar-refractivity contribution < 1.29 is 17.9 Å². The Morgan fingerprint density at radius 3 is 2.53 bits per heavy atom. The Hall–Kier alpha value is -1.14. The third-order valence-electron chi connectivity index (χ3n) is 3.16. The molecule has 0 saturated carbocycles. The molecule has 0 amide bonds. The molecule has 0 radical (unpaired) electrons. The van der Waals surface area contributed by atoms with Gasteiger partial charge in [-0.3, -0.25) is 9.88 Å². The molecule has 0 spiro atoms. The number of ether oxygens (including phenoxy) is 1. The van der Waals surface area contributed by atoms with Gasteiger partial charge in [0.1, 0.15) is 0 Å². The fraction of sp³-hybridized carbons (Fsp3) is 0.615. The third-order valence-corrected chi connectivity index (χ3v) is 3.16. The molecular weight excluding hydrogens is 257 g/mol. The van der Waals surface area contributed by atoms with E-state index in [0.29, 0.717) is 12.1 Å². The van der Waals surface area contributed by atoms with E-state index in [0.717, 1.165) is 51.5 Å². The van der Waals surface area contributed by atoms with Crippen LogP contribution in [0.4, 0.5) is 13.2 Å². The van der Waals surface area contributed by atoms with Crippen molar-refractivity contribution in [3.8, 4) is 0 Å². The van der Waals surface area contributed by atoms with Crippen LogP contribution in [0.1, 0.15) is 17.7 Å². The predicted octanol–water partition coefficient (Wildman–Crippen LogP) is 2.37. The highest BCUT2D eigenvalue weighted by molar-refractivity contribution is 5.16. The molecule has 0 unspecified atom stereocenters. The second-order valence-electron chi connectivity index (χ2n) is 4.59. The van der Waals surface area contributed by atoms with Crippen LogP contribution >= 0.6 is 0 Å². The van der Waals surface area contributed by atoms with E-state index in [1.54, 1.807) is 0 Å². The Morgan fingerprint density at radius 1 is 1.21 bits per heavy atom. The number of morpholine rings is 1. The monoisotopic (exact) mass is 274 g/mol. The Morgan fingerprint density at radius 2 is 1.95 bits per heavy atom. The van der Waals surface area contributed by atoms with Crippen LogP contribution in [0.2, 0.25) is 0 Å². The van der Waals surface area contributed by atoms with Crippen molar-refractivity contribution in [1.29, 1.82) is 0 Å². The quantitative estimate of drug-likeness (QED) is 0.843. The zero-order chi connectivity index (χ0) is 13.7. The molecule has 0 bridgehead atoms. The van der Waals surface area contributed by atoms with Gasteiger partial charge in [0.15, 0.2) is 0 Å². The van der Waals surface area contributed by atoms with Gasteiger partial charge in [-0.15, -0.1) is 0 Å². The fourth-order valence-electron chi connectivity index (χ4n) is 2.05. The molecule has 0 N–H and O–H groups in total. The summed E-state index contributed by atoms with van der Waals surface area (Å²) in [6.07, 6.45) is -1.79. The van der Waals surface area contributed by atoms with E-state index >= 15 is 0 Å². The van der Waals surface area contributed by atoms with Gasteiger partial charge in [-0.1, -0.05) is 0 Å². The fourth-order valence-corrected chi connectivity index (χ4v) is 2.05. The minimum Gasteiger partial charge on any atom is -0.379 e. The minimum atomic E-state index is -4.31. The second kappa shape index (κ2) is 6.34. The molecule has 6 heteroatoms. The summed E-state index contributed by atoms with van der Waals surface area (Å²) >= 11 is 0. The lowest BCUT2D eigenvalue weighted by atomic mass is 10.2. The van der Waals surface area contributed by atoms with Crippen molar-refractivity contribution in [3.63, 3.8) is 0 Å². The number of hydrogen-bond acceptors (Lipinski definition) is 3. The summed E-state index contributed by atoms with van der Waals surface area (Å²) in [5, 5.41) is 0. The van der Waals surface area contributed by atoms with Gasteiger partial charge in [0.2, 0.25) is 0 Å². The molecule has 1 aromatic heterocycles. The zero-order valence-electron chi connectivity index (χ0n) is 10.6. The van der Waals surface area contributed by atoms with E-state index < -0.39 is 11.7 Å². The maximum atomic E-state index is 12.4. The van der Waals surface area contributed by atoms with Crippen LogP contribution in [0.25, 0.3) is 0 Å². The average molecular weight is 274 g/mol. The predicted molar refractivity (Wildman–Crippen MR) is 64.8 cm³/mol. The number of rotatable bonds is 4. The number of nitrogens with zero attached hydrogens (tertiary/aromatic N) is 2. The highest BCUT2D eigenvalue weighted by Crippen LogP contribution is 2.28. The zero-order valence-corrected chi connectivity index (χ0v) is 10.6.